The van der Waals surface area contributed by atoms with Crippen LogP contribution in [0.1, 0.15) is 52.4 Å². The lowest BCUT2D eigenvalue weighted by Crippen LogP contribution is -2.17. The minimum Gasteiger partial charge on any atom is -0.462 e. The van der Waals surface area contributed by atoms with Gasteiger partial charge in [0.15, 0.2) is 0 Å². The zero-order chi connectivity index (χ0) is 11.1. The van der Waals surface area contributed by atoms with Gasteiger partial charge in [-0.15, -0.1) is 0 Å². The molecule has 0 aromatic carbocycles. The molecule has 0 fully saturated rings. The summed E-state index contributed by atoms with van der Waals surface area (Å²) in [6.45, 7) is 4.96. The van der Waals surface area contributed by atoms with Gasteiger partial charge in [-0.05, 0) is 25.2 Å². The lowest BCUT2D eigenvalue weighted by Gasteiger charge is -2.17. The average molecular weight is 210 g/mol. The quantitative estimate of drug-likeness (QED) is 0.601. The van der Waals surface area contributed by atoms with E-state index in [1.165, 1.54) is 19.3 Å². The fraction of sp³-hybridized carbons (Fsp3) is 0.769. The molecule has 0 amide bonds. The van der Waals surface area contributed by atoms with Crippen LogP contribution in [-0.2, 0) is 9.53 Å². The van der Waals surface area contributed by atoms with Crippen LogP contribution in [0.25, 0.3) is 0 Å². The van der Waals surface area contributed by atoms with Crippen molar-refractivity contribution in [1.29, 1.82) is 0 Å². The summed E-state index contributed by atoms with van der Waals surface area (Å²) in [6.07, 6.45) is 8.65. The second kappa shape index (κ2) is 6.65. The minimum absolute atomic E-state index is 0.0869. The Labute approximate surface area is 92.7 Å². The minimum atomic E-state index is -0.0869. The Balaban J connectivity index is 2.18. The van der Waals surface area contributed by atoms with Crippen molar-refractivity contribution in [3.05, 3.63) is 11.6 Å². The van der Waals surface area contributed by atoms with E-state index >= 15 is 0 Å². The summed E-state index contributed by atoms with van der Waals surface area (Å²) in [4.78, 5) is 11.4. The van der Waals surface area contributed by atoms with Crippen molar-refractivity contribution < 1.29 is 9.53 Å². The van der Waals surface area contributed by atoms with Crippen LogP contribution >= 0.6 is 0 Å². The van der Waals surface area contributed by atoms with Crippen LogP contribution in [0.4, 0.5) is 0 Å². The fourth-order valence-corrected chi connectivity index (χ4v) is 1.66. The number of carbonyl (C=O) groups is 1. The van der Waals surface area contributed by atoms with Gasteiger partial charge < -0.3 is 4.74 Å². The maximum absolute atomic E-state index is 11.4. The lowest BCUT2D eigenvalue weighted by molar-refractivity contribution is -0.141. The molecule has 0 radical (unpaired) electrons. The van der Waals surface area contributed by atoms with Gasteiger partial charge in [-0.1, -0.05) is 39.2 Å². The molecule has 15 heavy (non-hydrogen) atoms. The van der Waals surface area contributed by atoms with E-state index in [0.29, 0.717) is 12.5 Å². The van der Waals surface area contributed by atoms with Gasteiger partial charge in [-0.3, -0.25) is 0 Å². The topological polar surface area (TPSA) is 26.3 Å². The summed E-state index contributed by atoms with van der Waals surface area (Å²) < 4.78 is 5.29. The van der Waals surface area contributed by atoms with E-state index in [0.717, 1.165) is 24.8 Å². The molecule has 1 rings (SSSR count). The predicted octanol–water partition coefficient (Wildman–Crippen LogP) is 3.47. The Morgan fingerprint density at radius 3 is 2.73 bits per heavy atom. The summed E-state index contributed by atoms with van der Waals surface area (Å²) in [5.41, 5.74) is 0.875. The molecule has 0 saturated heterocycles. The number of ether oxygens (including phenoxy) is 1. The molecule has 0 aromatic heterocycles. The van der Waals surface area contributed by atoms with Crippen molar-refractivity contribution in [1.82, 2.24) is 0 Å². The van der Waals surface area contributed by atoms with Crippen molar-refractivity contribution in [3.8, 4) is 0 Å². The largest absolute Gasteiger partial charge is 0.462 e. The van der Waals surface area contributed by atoms with Crippen LogP contribution in [-0.4, -0.2) is 12.6 Å². The number of esters is 1. The smallest absolute Gasteiger partial charge is 0.333 e. The lowest BCUT2D eigenvalue weighted by atomic mass is 9.98. The molecule has 0 spiro atoms. The number of hydrogen-bond donors (Lipinski definition) is 0. The number of rotatable bonds is 7. The van der Waals surface area contributed by atoms with Gasteiger partial charge in [0.25, 0.3) is 0 Å². The van der Waals surface area contributed by atoms with E-state index < -0.39 is 0 Å². The van der Waals surface area contributed by atoms with Crippen molar-refractivity contribution in [2.45, 2.75) is 52.4 Å². The Hall–Kier alpha value is -0.790. The summed E-state index contributed by atoms with van der Waals surface area (Å²) in [5, 5.41) is 0. The third-order valence-corrected chi connectivity index (χ3v) is 3.06. The molecule has 0 aliphatic heterocycles. The Kier molecular flexibility index (Phi) is 5.44. The molecule has 0 aromatic rings. The van der Waals surface area contributed by atoms with Gasteiger partial charge in [0.1, 0.15) is 0 Å². The molecule has 0 bridgehead atoms. The predicted molar refractivity (Wildman–Crippen MR) is 61.6 cm³/mol. The first kappa shape index (κ1) is 12.3. The second-order valence-electron chi connectivity index (χ2n) is 4.28. The van der Waals surface area contributed by atoms with Gasteiger partial charge in [0.05, 0.1) is 6.61 Å². The average Bonchev–Trinajstić information content (AvgIpc) is 2.15. The Bertz CT molecular complexity index is 231. The van der Waals surface area contributed by atoms with Gasteiger partial charge in [-0.25, -0.2) is 4.79 Å². The van der Waals surface area contributed by atoms with Crippen molar-refractivity contribution in [2.24, 2.45) is 5.92 Å². The van der Waals surface area contributed by atoms with Gasteiger partial charge in [0, 0.05) is 5.57 Å². The van der Waals surface area contributed by atoms with Crippen molar-refractivity contribution >= 4 is 5.97 Å². The molecule has 86 valence electrons. The first-order chi connectivity index (χ1) is 7.27. The van der Waals surface area contributed by atoms with Crippen LogP contribution < -0.4 is 0 Å². The SMILES string of the molecule is CCCCC(CC)COC(=O)C1=CCC1. The van der Waals surface area contributed by atoms with E-state index in [9.17, 15) is 4.79 Å². The molecular weight excluding hydrogens is 188 g/mol. The van der Waals surface area contributed by atoms with Crippen LogP contribution in [0.15, 0.2) is 11.6 Å². The molecule has 1 atom stereocenters. The molecule has 2 heteroatoms. The van der Waals surface area contributed by atoms with Crippen LogP contribution in [0, 0.1) is 5.92 Å². The van der Waals surface area contributed by atoms with Crippen molar-refractivity contribution in [2.75, 3.05) is 6.61 Å². The fourth-order valence-electron chi connectivity index (χ4n) is 1.66. The third kappa shape index (κ3) is 4.06. The zero-order valence-electron chi connectivity index (χ0n) is 9.92. The normalized spacial score (nSPS) is 16.5. The van der Waals surface area contributed by atoms with E-state index in [1.54, 1.807) is 0 Å². The summed E-state index contributed by atoms with van der Waals surface area (Å²) in [7, 11) is 0. The second-order valence-corrected chi connectivity index (χ2v) is 4.28. The molecule has 0 saturated carbocycles. The third-order valence-electron chi connectivity index (χ3n) is 3.06. The molecule has 1 aliphatic carbocycles. The molecule has 1 aliphatic rings. The van der Waals surface area contributed by atoms with E-state index in [1.807, 2.05) is 6.08 Å². The Morgan fingerprint density at radius 2 is 2.27 bits per heavy atom. The van der Waals surface area contributed by atoms with E-state index in [4.69, 9.17) is 4.74 Å². The molecular formula is C13H22O2. The molecule has 0 heterocycles. The molecule has 1 unspecified atom stereocenters. The molecule has 0 N–H and O–H groups in total. The summed E-state index contributed by atoms with van der Waals surface area (Å²) in [5.74, 6) is 0.464. The zero-order valence-corrected chi connectivity index (χ0v) is 9.92. The maximum atomic E-state index is 11.4. The van der Waals surface area contributed by atoms with Gasteiger partial charge >= 0.3 is 5.97 Å². The monoisotopic (exact) mass is 210 g/mol. The number of hydrogen-bond acceptors (Lipinski definition) is 2. The van der Waals surface area contributed by atoms with Crippen molar-refractivity contribution in [3.63, 3.8) is 0 Å². The van der Waals surface area contributed by atoms with Crippen LogP contribution in [0.5, 0.6) is 0 Å². The van der Waals surface area contributed by atoms with Crippen LogP contribution in [0.3, 0.4) is 0 Å². The highest BCUT2D eigenvalue weighted by atomic mass is 16.5. The summed E-state index contributed by atoms with van der Waals surface area (Å²) in [6, 6.07) is 0. The van der Waals surface area contributed by atoms with Gasteiger partial charge in [0.2, 0.25) is 0 Å². The van der Waals surface area contributed by atoms with E-state index in [2.05, 4.69) is 13.8 Å². The van der Waals surface area contributed by atoms with E-state index in [-0.39, 0.29) is 5.97 Å². The number of allylic oxidation sites excluding steroid dienone is 1. The highest BCUT2D eigenvalue weighted by molar-refractivity contribution is 5.89. The maximum Gasteiger partial charge on any atom is 0.333 e. The van der Waals surface area contributed by atoms with Gasteiger partial charge in [-0.2, -0.15) is 0 Å². The first-order valence-corrected chi connectivity index (χ1v) is 6.14. The highest BCUT2D eigenvalue weighted by Crippen LogP contribution is 2.20. The number of unbranched alkanes of at least 4 members (excludes halogenated alkanes) is 1. The summed E-state index contributed by atoms with van der Waals surface area (Å²) >= 11 is 0. The molecule has 2 nitrogen and oxygen atoms in total. The first-order valence-electron chi connectivity index (χ1n) is 6.14. The highest BCUT2D eigenvalue weighted by Gasteiger charge is 2.17. The number of carbonyl (C=O) groups excluding carboxylic acids is 1. The van der Waals surface area contributed by atoms with Crippen LogP contribution in [0.2, 0.25) is 0 Å². The standard InChI is InChI=1S/C13H22O2/c1-3-5-7-11(4-2)10-15-13(14)12-8-6-9-12/h8,11H,3-7,9-10H2,1-2H3. The Morgan fingerprint density at radius 1 is 1.53 bits per heavy atom.